The SMILES string of the molecule is COC(=O)c1cccc(S(=O)(=O)N2c3ccc(Br)cc3C3(CCS(=O)(=O)CC3)C2C2CC2)c1. The van der Waals surface area contributed by atoms with E-state index in [-0.39, 0.29) is 33.9 Å². The van der Waals surface area contributed by atoms with E-state index in [1.807, 2.05) is 12.1 Å². The number of nitrogens with zero attached hydrogens (tertiary/aromatic N) is 1. The Bertz CT molecular complexity index is 1340. The number of carbonyl (C=O) groups excluding carboxylic acids is 1. The van der Waals surface area contributed by atoms with Crippen LogP contribution in [0.3, 0.4) is 0 Å². The molecule has 2 aromatic rings. The predicted octanol–water partition coefficient (Wildman–Crippen LogP) is 3.67. The minimum Gasteiger partial charge on any atom is -0.465 e. The number of hydrogen-bond donors (Lipinski definition) is 0. The predicted molar refractivity (Wildman–Crippen MR) is 128 cm³/mol. The number of sulfonamides is 1. The summed E-state index contributed by atoms with van der Waals surface area (Å²) in [5.74, 6) is -0.344. The highest BCUT2D eigenvalue weighted by Gasteiger charge is 2.60. The first-order valence-corrected chi connectivity index (χ1v) is 14.9. The average molecular weight is 554 g/mol. The Kier molecular flexibility index (Phi) is 5.41. The third-order valence-electron chi connectivity index (χ3n) is 7.15. The van der Waals surface area contributed by atoms with Crippen LogP contribution in [0.25, 0.3) is 0 Å². The number of hydrogen-bond acceptors (Lipinski definition) is 6. The van der Waals surface area contributed by atoms with Gasteiger partial charge in [0.05, 0.1) is 40.8 Å². The Morgan fingerprint density at radius 1 is 1.12 bits per heavy atom. The third-order valence-corrected chi connectivity index (χ3v) is 11.1. The van der Waals surface area contributed by atoms with Gasteiger partial charge in [0.15, 0.2) is 0 Å². The van der Waals surface area contributed by atoms with Crippen LogP contribution in [0.15, 0.2) is 51.8 Å². The summed E-state index contributed by atoms with van der Waals surface area (Å²) in [4.78, 5) is 12.1. The van der Waals surface area contributed by atoms with E-state index in [1.165, 1.54) is 35.7 Å². The van der Waals surface area contributed by atoms with Crippen LogP contribution >= 0.6 is 15.9 Å². The van der Waals surface area contributed by atoms with E-state index in [0.717, 1.165) is 22.9 Å². The number of sulfone groups is 1. The van der Waals surface area contributed by atoms with Gasteiger partial charge >= 0.3 is 5.97 Å². The molecule has 0 aromatic heterocycles. The first-order chi connectivity index (χ1) is 15.6. The lowest BCUT2D eigenvalue weighted by molar-refractivity contribution is 0.0600. The molecular formula is C23H24BrNO6S2. The second kappa shape index (κ2) is 7.81. The topological polar surface area (TPSA) is 97.8 Å². The van der Waals surface area contributed by atoms with E-state index < -0.39 is 31.2 Å². The molecule has 2 aliphatic heterocycles. The molecule has 0 bridgehead atoms. The Morgan fingerprint density at radius 2 is 1.82 bits per heavy atom. The van der Waals surface area contributed by atoms with E-state index in [0.29, 0.717) is 18.5 Å². The van der Waals surface area contributed by atoms with Crippen LogP contribution < -0.4 is 4.31 Å². The average Bonchev–Trinajstić information content (AvgIpc) is 3.59. The van der Waals surface area contributed by atoms with Crippen LogP contribution in [0.4, 0.5) is 5.69 Å². The summed E-state index contributed by atoms with van der Waals surface area (Å²) >= 11 is 3.52. The van der Waals surface area contributed by atoms with Crippen LogP contribution in [0.5, 0.6) is 0 Å². The minimum atomic E-state index is -4.03. The van der Waals surface area contributed by atoms with Crippen LogP contribution in [-0.2, 0) is 30.0 Å². The van der Waals surface area contributed by atoms with E-state index in [1.54, 1.807) is 6.07 Å². The van der Waals surface area contributed by atoms with E-state index in [2.05, 4.69) is 15.9 Å². The number of anilines is 1. The second-order valence-electron chi connectivity index (χ2n) is 9.07. The van der Waals surface area contributed by atoms with E-state index in [4.69, 9.17) is 4.74 Å². The van der Waals surface area contributed by atoms with Crippen molar-refractivity contribution in [1.29, 1.82) is 0 Å². The number of benzene rings is 2. The van der Waals surface area contributed by atoms with Crippen molar-refractivity contribution >= 4 is 47.4 Å². The number of esters is 1. The largest absolute Gasteiger partial charge is 0.465 e. The molecule has 0 radical (unpaired) electrons. The molecule has 1 aliphatic carbocycles. The normalized spacial score (nSPS) is 23.3. The molecule has 33 heavy (non-hydrogen) atoms. The maximum atomic E-state index is 14.1. The highest BCUT2D eigenvalue weighted by molar-refractivity contribution is 9.10. The molecule has 3 aliphatic rings. The van der Waals surface area contributed by atoms with Gasteiger partial charge in [0.1, 0.15) is 9.84 Å². The molecule has 1 saturated heterocycles. The van der Waals surface area contributed by atoms with Crippen molar-refractivity contribution in [3.63, 3.8) is 0 Å². The zero-order chi connectivity index (χ0) is 23.6. The molecule has 0 N–H and O–H groups in total. The first kappa shape index (κ1) is 22.9. The summed E-state index contributed by atoms with van der Waals surface area (Å²) < 4.78 is 59.9. The second-order valence-corrected chi connectivity index (χ2v) is 14.1. The molecule has 1 unspecified atom stereocenters. The fraction of sp³-hybridized carbons (Fsp3) is 0.435. The van der Waals surface area contributed by atoms with Gasteiger partial charge in [-0.3, -0.25) is 4.31 Å². The van der Waals surface area contributed by atoms with E-state index in [9.17, 15) is 21.6 Å². The zero-order valence-corrected chi connectivity index (χ0v) is 21.2. The molecular weight excluding hydrogens is 530 g/mol. The standard InChI is InChI=1S/C23H24BrNO6S2/c1-31-22(26)16-3-2-4-18(13-16)33(29,30)25-20-8-7-17(24)14-19(20)23(21(25)15-5-6-15)9-11-32(27,28)12-10-23/h2-4,7-8,13-15,21H,5-6,9-12H2,1H3. The monoisotopic (exact) mass is 553 g/mol. The van der Waals surface area contributed by atoms with Gasteiger partial charge in [-0.1, -0.05) is 22.0 Å². The minimum absolute atomic E-state index is 0.0189. The quantitative estimate of drug-likeness (QED) is 0.535. The molecule has 1 saturated carbocycles. The Hall–Kier alpha value is -1.91. The van der Waals surface area contributed by atoms with Gasteiger partial charge in [-0.25, -0.2) is 21.6 Å². The van der Waals surface area contributed by atoms with Crippen molar-refractivity contribution in [3.8, 4) is 0 Å². The number of fused-ring (bicyclic) bond motifs is 2. The van der Waals surface area contributed by atoms with Crippen LogP contribution in [-0.4, -0.2) is 47.5 Å². The highest BCUT2D eigenvalue weighted by Crippen LogP contribution is 2.59. The Morgan fingerprint density at radius 3 is 2.45 bits per heavy atom. The zero-order valence-electron chi connectivity index (χ0n) is 18.0. The summed E-state index contributed by atoms with van der Waals surface area (Å²) in [5, 5.41) is 0. The van der Waals surface area contributed by atoms with Crippen LogP contribution in [0.2, 0.25) is 0 Å². The molecule has 5 rings (SSSR count). The van der Waals surface area contributed by atoms with Crippen molar-refractivity contribution < 1.29 is 26.4 Å². The molecule has 0 amide bonds. The number of rotatable bonds is 4. The smallest absolute Gasteiger partial charge is 0.337 e. The van der Waals surface area contributed by atoms with Crippen LogP contribution in [0.1, 0.15) is 41.6 Å². The summed E-state index contributed by atoms with van der Waals surface area (Å²) in [6, 6.07) is 11.1. The number of halogens is 1. The lowest BCUT2D eigenvalue weighted by atomic mass is 9.70. The van der Waals surface area contributed by atoms with Crippen molar-refractivity contribution in [3.05, 3.63) is 58.1 Å². The summed E-state index contributed by atoms with van der Waals surface area (Å²) in [5.41, 5.74) is 1.09. The third kappa shape index (κ3) is 3.70. The fourth-order valence-corrected chi connectivity index (χ4v) is 9.21. The fourth-order valence-electron chi connectivity index (χ4n) is 5.45. The molecule has 2 aromatic carbocycles. The summed E-state index contributed by atoms with van der Waals surface area (Å²) in [6.45, 7) is 0. The molecule has 1 atom stereocenters. The lowest BCUT2D eigenvalue weighted by Crippen LogP contribution is -2.52. The molecule has 7 nitrogen and oxygen atoms in total. The summed E-state index contributed by atoms with van der Waals surface area (Å²) in [7, 11) is -5.92. The van der Waals surface area contributed by atoms with Gasteiger partial charge in [0.25, 0.3) is 10.0 Å². The van der Waals surface area contributed by atoms with Crippen LogP contribution in [0, 0.1) is 5.92 Å². The van der Waals surface area contributed by atoms with E-state index >= 15 is 0 Å². The number of carbonyl (C=O) groups is 1. The number of methoxy groups -OCH3 is 1. The van der Waals surface area contributed by atoms with Gasteiger partial charge in [-0.2, -0.15) is 0 Å². The maximum Gasteiger partial charge on any atom is 0.337 e. The molecule has 2 heterocycles. The van der Waals surface area contributed by atoms with Gasteiger partial charge in [0, 0.05) is 9.89 Å². The van der Waals surface area contributed by atoms with Crippen molar-refractivity contribution in [2.24, 2.45) is 5.92 Å². The molecule has 176 valence electrons. The van der Waals surface area contributed by atoms with Crippen molar-refractivity contribution in [2.45, 2.75) is 42.0 Å². The summed E-state index contributed by atoms with van der Waals surface area (Å²) in [6.07, 6.45) is 2.60. The van der Waals surface area contributed by atoms with Gasteiger partial charge in [-0.05, 0) is 73.6 Å². The van der Waals surface area contributed by atoms with Crippen molar-refractivity contribution in [2.75, 3.05) is 22.9 Å². The Labute approximate surface area is 202 Å². The van der Waals surface area contributed by atoms with Gasteiger partial charge < -0.3 is 4.74 Å². The number of ether oxygens (including phenoxy) is 1. The van der Waals surface area contributed by atoms with Crippen molar-refractivity contribution in [1.82, 2.24) is 0 Å². The van der Waals surface area contributed by atoms with Gasteiger partial charge in [0.2, 0.25) is 0 Å². The highest BCUT2D eigenvalue weighted by atomic mass is 79.9. The molecule has 1 spiro atoms. The Balaban J connectivity index is 1.69. The molecule has 10 heteroatoms. The first-order valence-electron chi connectivity index (χ1n) is 10.8. The molecule has 2 fully saturated rings. The maximum absolute atomic E-state index is 14.1. The van der Waals surface area contributed by atoms with Gasteiger partial charge in [-0.15, -0.1) is 0 Å². The lowest BCUT2D eigenvalue weighted by Gasteiger charge is -2.41.